The Hall–Kier alpha value is -0.0500. The Morgan fingerprint density at radius 1 is 1.73 bits per heavy atom. The molecule has 11 heavy (non-hydrogen) atoms. The predicted molar refractivity (Wildman–Crippen MR) is 44.6 cm³/mol. The second-order valence-electron chi connectivity index (χ2n) is 3.76. The van der Waals surface area contributed by atoms with Crippen LogP contribution in [0, 0.1) is 5.41 Å². The van der Waals surface area contributed by atoms with Crippen LogP contribution in [0.5, 0.6) is 0 Å². The Labute approximate surface area is 74.4 Å². The lowest BCUT2D eigenvalue weighted by atomic mass is 9.72. The van der Waals surface area contributed by atoms with Crippen LogP contribution in [0.2, 0.25) is 0 Å². The van der Waals surface area contributed by atoms with Gasteiger partial charge in [-0.2, -0.15) is 0 Å². The highest BCUT2D eigenvalue weighted by molar-refractivity contribution is 9.09. The van der Waals surface area contributed by atoms with E-state index in [2.05, 4.69) is 15.9 Å². The molecule has 0 unspecified atom stereocenters. The molecule has 62 valence electrons. The number of carbonyl (C=O) groups is 1. The Morgan fingerprint density at radius 2 is 2.45 bits per heavy atom. The standard InChI is InChI=1S/C8H11BrO2/c1-8-3-2-6(5(9)4-8)11-7(8)10/h5-6H,2-4H2,1H3/t5-,6-,8+/m0/s1. The van der Waals surface area contributed by atoms with Gasteiger partial charge in [0, 0.05) is 0 Å². The third-order valence-corrected chi connectivity index (χ3v) is 3.69. The molecule has 1 aliphatic carbocycles. The number of halogens is 1. The zero-order valence-corrected chi connectivity index (χ0v) is 8.06. The zero-order valence-electron chi connectivity index (χ0n) is 6.47. The number of esters is 1. The van der Waals surface area contributed by atoms with Crippen LogP contribution in [-0.2, 0) is 9.53 Å². The molecule has 3 heteroatoms. The molecule has 1 saturated carbocycles. The summed E-state index contributed by atoms with van der Waals surface area (Å²) in [6.07, 6.45) is 3.11. The Balaban J connectivity index is 2.26. The summed E-state index contributed by atoms with van der Waals surface area (Å²) in [5.74, 6) is 0.00412. The van der Waals surface area contributed by atoms with Crippen molar-refractivity contribution in [3.63, 3.8) is 0 Å². The summed E-state index contributed by atoms with van der Waals surface area (Å²) in [6.45, 7) is 2.00. The maximum absolute atomic E-state index is 11.3. The van der Waals surface area contributed by atoms with Crippen molar-refractivity contribution in [2.45, 2.75) is 37.1 Å². The summed E-state index contributed by atoms with van der Waals surface area (Å²) in [4.78, 5) is 11.7. The van der Waals surface area contributed by atoms with Gasteiger partial charge in [0.2, 0.25) is 0 Å². The second-order valence-corrected chi connectivity index (χ2v) is 4.94. The Bertz CT molecular complexity index is 204. The van der Waals surface area contributed by atoms with E-state index in [1.807, 2.05) is 6.92 Å². The molecule has 0 aromatic carbocycles. The van der Waals surface area contributed by atoms with Crippen molar-refractivity contribution in [2.24, 2.45) is 5.41 Å². The quantitative estimate of drug-likeness (QED) is 0.459. The van der Waals surface area contributed by atoms with E-state index < -0.39 is 0 Å². The van der Waals surface area contributed by atoms with E-state index in [1.54, 1.807) is 0 Å². The van der Waals surface area contributed by atoms with Gasteiger partial charge in [0.1, 0.15) is 6.10 Å². The molecule has 3 aliphatic rings. The number of fused-ring (bicyclic) bond motifs is 3. The SMILES string of the molecule is C[C@]12CC[C@H](OC1=O)[C@@H](Br)C2. The van der Waals surface area contributed by atoms with Crippen LogP contribution in [0.3, 0.4) is 0 Å². The number of carbonyl (C=O) groups excluding carboxylic acids is 1. The molecule has 3 rings (SSSR count). The normalized spacial score (nSPS) is 49.1. The number of ether oxygens (including phenoxy) is 1. The van der Waals surface area contributed by atoms with Crippen molar-refractivity contribution in [3.05, 3.63) is 0 Å². The minimum Gasteiger partial charge on any atom is -0.461 e. The van der Waals surface area contributed by atoms with Gasteiger partial charge in [0.25, 0.3) is 0 Å². The molecule has 0 radical (unpaired) electrons. The van der Waals surface area contributed by atoms with Crippen molar-refractivity contribution in [1.29, 1.82) is 0 Å². The lowest BCUT2D eigenvalue weighted by Crippen LogP contribution is -2.50. The summed E-state index contributed by atoms with van der Waals surface area (Å²) in [7, 11) is 0. The highest BCUT2D eigenvalue weighted by Crippen LogP contribution is 2.46. The molecular formula is C8H11BrO2. The van der Waals surface area contributed by atoms with Crippen LogP contribution in [0.25, 0.3) is 0 Å². The van der Waals surface area contributed by atoms with E-state index in [4.69, 9.17) is 4.74 Å². The minimum atomic E-state index is -0.192. The van der Waals surface area contributed by atoms with Crippen LogP contribution < -0.4 is 0 Å². The average Bonchev–Trinajstić information content (AvgIpc) is 1.92. The van der Waals surface area contributed by atoms with E-state index in [0.29, 0.717) is 4.83 Å². The first-order valence-electron chi connectivity index (χ1n) is 3.97. The molecule has 0 N–H and O–H groups in total. The van der Waals surface area contributed by atoms with Gasteiger partial charge in [-0.15, -0.1) is 0 Å². The van der Waals surface area contributed by atoms with Crippen LogP contribution >= 0.6 is 15.9 Å². The third kappa shape index (κ3) is 1.01. The first kappa shape index (κ1) is 7.59. The molecule has 2 aliphatic heterocycles. The summed E-state index contributed by atoms with van der Waals surface area (Å²) < 4.78 is 5.21. The van der Waals surface area contributed by atoms with Crippen molar-refractivity contribution >= 4 is 21.9 Å². The van der Waals surface area contributed by atoms with E-state index in [1.165, 1.54) is 0 Å². The van der Waals surface area contributed by atoms with E-state index in [9.17, 15) is 4.79 Å². The van der Waals surface area contributed by atoms with Gasteiger partial charge < -0.3 is 4.74 Å². The van der Waals surface area contributed by atoms with E-state index in [0.717, 1.165) is 19.3 Å². The molecule has 3 atom stereocenters. The first-order valence-corrected chi connectivity index (χ1v) is 4.88. The fraction of sp³-hybridized carbons (Fsp3) is 0.875. The fourth-order valence-electron chi connectivity index (χ4n) is 1.90. The lowest BCUT2D eigenvalue weighted by Gasteiger charge is -2.45. The number of alkyl halides is 1. The second kappa shape index (κ2) is 2.22. The first-order chi connectivity index (χ1) is 5.12. The maximum atomic E-state index is 11.3. The average molecular weight is 219 g/mol. The molecule has 2 heterocycles. The van der Waals surface area contributed by atoms with E-state index >= 15 is 0 Å². The van der Waals surface area contributed by atoms with Gasteiger partial charge in [-0.1, -0.05) is 15.9 Å². The van der Waals surface area contributed by atoms with Crippen molar-refractivity contribution < 1.29 is 9.53 Å². The smallest absolute Gasteiger partial charge is 0.312 e. The molecule has 3 fully saturated rings. The van der Waals surface area contributed by atoms with Gasteiger partial charge in [0.15, 0.2) is 0 Å². The lowest BCUT2D eigenvalue weighted by molar-refractivity contribution is -0.178. The predicted octanol–water partition coefficient (Wildman–Crippen LogP) is 1.87. The molecule has 2 nitrogen and oxygen atoms in total. The topological polar surface area (TPSA) is 26.3 Å². The molecule has 0 spiro atoms. The highest BCUT2D eigenvalue weighted by Gasteiger charge is 2.49. The third-order valence-electron chi connectivity index (χ3n) is 2.78. The van der Waals surface area contributed by atoms with Crippen LogP contribution in [0.15, 0.2) is 0 Å². The largest absolute Gasteiger partial charge is 0.461 e. The van der Waals surface area contributed by atoms with Gasteiger partial charge >= 0.3 is 5.97 Å². The maximum Gasteiger partial charge on any atom is 0.312 e. The van der Waals surface area contributed by atoms with Gasteiger partial charge in [0.05, 0.1) is 10.2 Å². The van der Waals surface area contributed by atoms with Crippen molar-refractivity contribution in [3.8, 4) is 0 Å². The van der Waals surface area contributed by atoms with E-state index in [-0.39, 0.29) is 17.5 Å². The number of rotatable bonds is 0. The molecule has 2 bridgehead atoms. The Kier molecular flexibility index (Phi) is 1.53. The molecular weight excluding hydrogens is 208 g/mol. The van der Waals surface area contributed by atoms with Crippen LogP contribution in [0.1, 0.15) is 26.2 Å². The van der Waals surface area contributed by atoms with Crippen molar-refractivity contribution in [2.75, 3.05) is 0 Å². The monoisotopic (exact) mass is 218 g/mol. The fourth-order valence-corrected chi connectivity index (χ4v) is 2.99. The number of hydrogen-bond acceptors (Lipinski definition) is 2. The van der Waals surface area contributed by atoms with Gasteiger partial charge in [-0.25, -0.2) is 0 Å². The van der Waals surface area contributed by atoms with Crippen LogP contribution in [-0.4, -0.2) is 16.9 Å². The molecule has 0 aromatic heterocycles. The summed E-state index contributed by atoms with van der Waals surface area (Å²) in [5, 5.41) is 0. The molecule has 2 saturated heterocycles. The molecule has 0 amide bonds. The minimum absolute atomic E-state index is 0.00412. The number of hydrogen-bond donors (Lipinski definition) is 0. The van der Waals surface area contributed by atoms with Gasteiger partial charge in [-0.05, 0) is 26.2 Å². The summed E-state index contributed by atoms with van der Waals surface area (Å²) in [6, 6.07) is 0. The van der Waals surface area contributed by atoms with Crippen LogP contribution in [0.4, 0.5) is 0 Å². The summed E-state index contributed by atoms with van der Waals surface area (Å²) >= 11 is 3.53. The molecule has 0 aromatic rings. The van der Waals surface area contributed by atoms with Gasteiger partial charge in [-0.3, -0.25) is 4.79 Å². The Morgan fingerprint density at radius 3 is 2.82 bits per heavy atom. The summed E-state index contributed by atoms with van der Waals surface area (Å²) in [5.41, 5.74) is -0.192. The zero-order chi connectivity index (χ0) is 8.06. The highest BCUT2D eigenvalue weighted by atomic mass is 79.9. The van der Waals surface area contributed by atoms with Crippen molar-refractivity contribution in [1.82, 2.24) is 0 Å².